The molecule has 4 nitrogen and oxygen atoms in total. The van der Waals surface area contributed by atoms with Gasteiger partial charge in [0.1, 0.15) is 6.61 Å². The zero-order valence-corrected chi connectivity index (χ0v) is 11.7. The van der Waals surface area contributed by atoms with Crippen LogP contribution in [-0.4, -0.2) is 44.2 Å². The van der Waals surface area contributed by atoms with Crippen molar-refractivity contribution >= 4 is 5.91 Å². The maximum Gasteiger partial charge on any atom is 0.248 e. The fourth-order valence-electron chi connectivity index (χ4n) is 1.75. The molecule has 1 rings (SSSR count). The number of nitrogens with two attached hydrogens (primary N) is 1. The number of carbonyl (C=O) groups excluding carboxylic acids is 1. The van der Waals surface area contributed by atoms with Gasteiger partial charge in [-0.3, -0.25) is 4.79 Å². The van der Waals surface area contributed by atoms with Gasteiger partial charge in [0.05, 0.1) is 0 Å². The summed E-state index contributed by atoms with van der Waals surface area (Å²) >= 11 is 0. The monoisotopic (exact) mass is 264 g/mol. The fraction of sp³-hybridized carbons (Fsp3) is 0.533. The Morgan fingerprint density at radius 1 is 1.26 bits per heavy atom. The number of carbonyl (C=O) groups is 1. The SMILES string of the molecule is CN(CCCN)C(=O)COCCCc1ccccc1. The number of hydrogen-bond acceptors (Lipinski definition) is 3. The Labute approximate surface area is 115 Å². The van der Waals surface area contributed by atoms with Crippen LogP contribution >= 0.6 is 0 Å². The Balaban J connectivity index is 2.05. The van der Waals surface area contributed by atoms with Crippen molar-refractivity contribution in [1.29, 1.82) is 0 Å². The van der Waals surface area contributed by atoms with Crippen molar-refractivity contribution in [2.24, 2.45) is 5.73 Å². The smallest absolute Gasteiger partial charge is 0.248 e. The average molecular weight is 264 g/mol. The Hall–Kier alpha value is -1.39. The van der Waals surface area contributed by atoms with Crippen LogP contribution in [0.1, 0.15) is 18.4 Å². The van der Waals surface area contributed by atoms with E-state index >= 15 is 0 Å². The maximum atomic E-state index is 11.6. The van der Waals surface area contributed by atoms with E-state index in [0.717, 1.165) is 19.3 Å². The van der Waals surface area contributed by atoms with Gasteiger partial charge >= 0.3 is 0 Å². The van der Waals surface area contributed by atoms with Gasteiger partial charge in [0.15, 0.2) is 0 Å². The lowest BCUT2D eigenvalue weighted by atomic mass is 10.1. The van der Waals surface area contributed by atoms with Crippen molar-refractivity contribution in [3.05, 3.63) is 35.9 Å². The summed E-state index contributed by atoms with van der Waals surface area (Å²) in [6, 6.07) is 10.3. The van der Waals surface area contributed by atoms with Crippen LogP contribution in [0.4, 0.5) is 0 Å². The second-order valence-electron chi connectivity index (χ2n) is 4.60. The summed E-state index contributed by atoms with van der Waals surface area (Å²) in [5, 5.41) is 0. The molecule has 4 heteroatoms. The highest BCUT2D eigenvalue weighted by molar-refractivity contribution is 5.77. The van der Waals surface area contributed by atoms with E-state index in [1.165, 1.54) is 5.56 Å². The van der Waals surface area contributed by atoms with Crippen LogP contribution < -0.4 is 5.73 Å². The molecule has 2 N–H and O–H groups in total. The third kappa shape index (κ3) is 6.94. The molecule has 0 aliphatic heterocycles. The summed E-state index contributed by atoms with van der Waals surface area (Å²) in [5.41, 5.74) is 6.71. The number of hydrogen-bond donors (Lipinski definition) is 1. The molecular weight excluding hydrogens is 240 g/mol. The fourth-order valence-corrected chi connectivity index (χ4v) is 1.75. The highest BCUT2D eigenvalue weighted by Crippen LogP contribution is 2.02. The minimum absolute atomic E-state index is 0.0214. The zero-order valence-electron chi connectivity index (χ0n) is 11.7. The van der Waals surface area contributed by atoms with Crippen molar-refractivity contribution in [3.63, 3.8) is 0 Å². The van der Waals surface area contributed by atoms with E-state index in [2.05, 4.69) is 12.1 Å². The molecule has 0 aliphatic carbocycles. The Morgan fingerprint density at radius 2 is 2.00 bits per heavy atom. The number of likely N-dealkylation sites (N-methyl/N-ethyl adjacent to an activating group) is 1. The largest absolute Gasteiger partial charge is 0.372 e. The Bertz CT molecular complexity index is 354. The second kappa shape index (κ2) is 9.53. The summed E-state index contributed by atoms with van der Waals surface area (Å²) in [5.74, 6) is 0.0214. The molecule has 1 aromatic carbocycles. The predicted molar refractivity (Wildman–Crippen MR) is 76.9 cm³/mol. The lowest BCUT2D eigenvalue weighted by Crippen LogP contribution is -2.32. The summed E-state index contributed by atoms with van der Waals surface area (Å²) in [7, 11) is 1.78. The van der Waals surface area contributed by atoms with Gasteiger partial charge in [0, 0.05) is 20.2 Å². The van der Waals surface area contributed by atoms with Crippen molar-refractivity contribution in [3.8, 4) is 0 Å². The van der Waals surface area contributed by atoms with E-state index in [0.29, 0.717) is 19.7 Å². The van der Waals surface area contributed by atoms with Gasteiger partial charge in [-0.25, -0.2) is 0 Å². The Morgan fingerprint density at radius 3 is 2.68 bits per heavy atom. The molecule has 0 spiro atoms. The van der Waals surface area contributed by atoms with Gasteiger partial charge < -0.3 is 15.4 Å². The summed E-state index contributed by atoms with van der Waals surface area (Å²) < 4.78 is 5.40. The van der Waals surface area contributed by atoms with Gasteiger partial charge in [-0.15, -0.1) is 0 Å². The lowest BCUT2D eigenvalue weighted by Gasteiger charge is -2.16. The molecule has 0 saturated heterocycles. The van der Waals surface area contributed by atoms with E-state index in [1.807, 2.05) is 18.2 Å². The number of nitrogens with zero attached hydrogens (tertiary/aromatic N) is 1. The first-order chi connectivity index (χ1) is 9.24. The van der Waals surface area contributed by atoms with Crippen LogP contribution in [0, 0.1) is 0 Å². The van der Waals surface area contributed by atoms with Gasteiger partial charge in [0.25, 0.3) is 0 Å². The van der Waals surface area contributed by atoms with Crippen LogP contribution in [-0.2, 0) is 16.0 Å². The first-order valence-electron chi connectivity index (χ1n) is 6.79. The molecule has 0 bridgehead atoms. The van der Waals surface area contributed by atoms with Gasteiger partial charge in [0.2, 0.25) is 5.91 Å². The first kappa shape index (κ1) is 15.7. The molecule has 0 aromatic heterocycles. The van der Waals surface area contributed by atoms with E-state index < -0.39 is 0 Å². The van der Waals surface area contributed by atoms with Crippen LogP contribution in [0.5, 0.6) is 0 Å². The standard InChI is InChI=1S/C15H24N2O2/c1-17(11-6-10-16)15(18)13-19-12-5-9-14-7-3-2-4-8-14/h2-4,7-8H,5-6,9-13,16H2,1H3. The van der Waals surface area contributed by atoms with Crippen LogP contribution in [0.25, 0.3) is 0 Å². The average Bonchev–Trinajstić information content (AvgIpc) is 2.45. The van der Waals surface area contributed by atoms with E-state index in [-0.39, 0.29) is 12.5 Å². The van der Waals surface area contributed by atoms with Gasteiger partial charge in [-0.1, -0.05) is 30.3 Å². The van der Waals surface area contributed by atoms with Gasteiger partial charge in [-0.05, 0) is 31.4 Å². The molecule has 0 unspecified atom stereocenters. The molecule has 0 heterocycles. The predicted octanol–water partition coefficient (Wildman–Crippen LogP) is 1.44. The highest BCUT2D eigenvalue weighted by atomic mass is 16.5. The number of aryl methyl sites for hydroxylation is 1. The third-order valence-electron chi connectivity index (χ3n) is 2.95. The molecule has 0 radical (unpaired) electrons. The molecule has 0 aliphatic rings. The summed E-state index contributed by atoms with van der Waals surface area (Å²) in [6.07, 6.45) is 2.75. The minimum Gasteiger partial charge on any atom is -0.372 e. The molecular formula is C15H24N2O2. The number of ether oxygens (including phenoxy) is 1. The van der Waals surface area contributed by atoms with E-state index in [4.69, 9.17) is 10.5 Å². The van der Waals surface area contributed by atoms with Crippen molar-refractivity contribution in [2.45, 2.75) is 19.3 Å². The van der Waals surface area contributed by atoms with E-state index in [9.17, 15) is 4.79 Å². The Kier molecular flexibility index (Phi) is 7.86. The van der Waals surface area contributed by atoms with Crippen LogP contribution in [0.15, 0.2) is 30.3 Å². The molecule has 19 heavy (non-hydrogen) atoms. The lowest BCUT2D eigenvalue weighted by molar-refractivity contribution is -0.134. The zero-order chi connectivity index (χ0) is 13.9. The molecule has 0 saturated carbocycles. The molecule has 0 atom stereocenters. The van der Waals surface area contributed by atoms with Crippen molar-refractivity contribution in [2.75, 3.05) is 33.4 Å². The summed E-state index contributed by atoms with van der Waals surface area (Å²) in [6.45, 7) is 2.08. The quantitative estimate of drug-likeness (QED) is 0.687. The minimum atomic E-state index is 0.0214. The molecule has 1 aromatic rings. The number of amides is 1. The first-order valence-corrected chi connectivity index (χ1v) is 6.79. The third-order valence-corrected chi connectivity index (χ3v) is 2.95. The van der Waals surface area contributed by atoms with E-state index in [1.54, 1.807) is 11.9 Å². The number of benzene rings is 1. The maximum absolute atomic E-state index is 11.6. The van der Waals surface area contributed by atoms with Crippen molar-refractivity contribution in [1.82, 2.24) is 4.90 Å². The highest BCUT2D eigenvalue weighted by Gasteiger charge is 2.07. The van der Waals surface area contributed by atoms with Crippen molar-refractivity contribution < 1.29 is 9.53 Å². The second-order valence-corrected chi connectivity index (χ2v) is 4.60. The number of rotatable bonds is 9. The van der Waals surface area contributed by atoms with Crippen LogP contribution in [0.3, 0.4) is 0 Å². The van der Waals surface area contributed by atoms with Crippen LogP contribution in [0.2, 0.25) is 0 Å². The normalized spacial score (nSPS) is 10.4. The molecule has 0 fully saturated rings. The topological polar surface area (TPSA) is 55.6 Å². The molecule has 1 amide bonds. The van der Waals surface area contributed by atoms with Gasteiger partial charge in [-0.2, -0.15) is 0 Å². The molecule has 106 valence electrons. The summed E-state index contributed by atoms with van der Waals surface area (Å²) in [4.78, 5) is 13.3.